The standard InChI is InChI=1S/C68H106O29/c1-22-47(83-43(18)73)58(85-45(20)75)56-30(5)29(4)23-68(96-56)67(77)95-62-60(97-68)59(51(27-81-42(17)72)90-66(62)92-54-34(9)33(8)52(28(2)3)87-50(54)26-80-41(16)71)94-63-37(12)53(36(11)49(88-63)25-79-40(15)70)91-64-57(32(7)31(6)48(89-64)24-78-39(14)69)93-65-61(86-46(21)76)55(84-44(19)74)35(10)38(13)82-65/h28-38,47-66H,22-27H2,1-21H3/t29?,30?,31-,32+,33?,34-,35+,36+,37?,38?,47-,48?,49?,50?,51?,52+,53+,54-,55-,56-,57?,58-,59+,60+,61?,62?,63+,64+,65+,66+,68+/m1/s1. The first-order chi connectivity index (χ1) is 45.5. The molecule has 0 aromatic carbocycles. The molecule has 552 valence electrons. The van der Waals surface area contributed by atoms with Gasteiger partial charge >= 0.3 is 53.7 Å². The molecule has 0 N–H and O–H groups in total. The van der Waals surface area contributed by atoms with Gasteiger partial charge in [-0.3, -0.25) is 38.4 Å². The smallest absolute Gasteiger partial charge is 0.367 e. The van der Waals surface area contributed by atoms with Crippen molar-refractivity contribution < 1.29 is 138 Å². The third-order valence-electron chi connectivity index (χ3n) is 20.4. The second kappa shape index (κ2) is 34.0. The molecule has 29 heteroatoms. The Labute approximate surface area is 568 Å². The Bertz CT molecular complexity index is 2730. The Morgan fingerprint density at radius 3 is 1.43 bits per heavy atom. The zero-order valence-electron chi connectivity index (χ0n) is 60.0. The van der Waals surface area contributed by atoms with Gasteiger partial charge in [0, 0.05) is 79.6 Å². The maximum absolute atomic E-state index is 15.4. The van der Waals surface area contributed by atoms with E-state index in [1.165, 1.54) is 55.4 Å². The summed E-state index contributed by atoms with van der Waals surface area (Å²) in [4.78, 5) is 117. The van der Waals surface area contributed by atoms with E-state index < -0.39 is 230 Å². The molecule has 7 aliphatic heterocycles. The molecule has 7 aliphatic rings. The Hall–Kier alpha value is -5.21. The SMILES string of the molecule is CC[C@@H](OC(C)=O)[C@@H](OC(C)=O)[C@@H]1O[C@@]2(CC(C)C1C)O[C@@H]1C(OC2=O)[C@H](O[C@H]2C(COC(C)=O)O[C@@H](C(C)C)C(C)[C@H]2C)OC(COC(C)=O)[C@@H]1O[C@@H]1OC(COC(C)=O)[C@H](C)[C@H](O[C@@H]2OC(COC(C)=O)[C@H](C)[C@H](C)C2O[C@@H]2OC(C)[C@H](C)[C@@H](OC(C)=O)C2OC(C)=O)C1C. The van der Waals surface area contributed by atoms with Gasteiger partial charge in [-0.05, 0) is 54.8 Å². The lowest BCUT2D eigenvalue weighted by Gasteiger charge is -2.56. The zero-order chi connectivity index (χ0) is 72.0. The van der Waals surface area contributed by atoms with Crippen LogP contribution in [-0.2, 0) is 138 Å². The van der Waals surface area contributed by atoms with Gasteiger partial charge in [-0.15, -0.1) is 0 Å². The lowest BCUT2D eigenvalue weighted by molar-refractivity contribution is -0.420. The van der Waals surface area contributed by atoms with Crippen molar-refractivity contribution in [2.75, 3.05) is 26.4 Å². The van der Waals surface area contributed by atoms with Crippen molar-refractivity contribution >= 4 is 53.7 Å². The van der Waals surface area contributed by atoms with Crippen LogP contribution >= 0.6 is 0 Å². The number of hydrogen-bond donors (Lipinski definition) is 0. The molecule has 0 aliphatic carbocycles. The quantitative estimate of drug-likeness (QED) is 0.0816. The summed E-state index contributed by atoms with van der Waals surface area (Å²) in [6, 6.07) is 0. The minimum absolute atomic E-state index is 0.0241. The molecular formula is C68H106O29. The maximum Gasteiger partial charge on any atom is 0.367 e. The summed E-state index contributed by atoms with van der Waals surface area (Å²) in [7, 11) is 0. The summed E-state index contributed by atoms with van der Waals surface area (Å²) in [5.41, 5.74) is 0. The fourth-order valence-corrected chi connectivity index (χ4v) is 14.5. The van der Waals surface area contributed by atoms with Crippen LogP contribution in [0, 0.1) is 59.2 Å². The molecule has 7 heterocycles. The third-order valence-corrected chi connectivity index (χ3v) is 20.4. The molecule has 0 aromatic heterocycles. The minimum atomic E-state index is -2.33. The lowest BCUT2D eigenvalue weighted by Crippen LogP contribution is -2.72. The molecule has 29 nitrogen and oxygen atoms in total. The fourth-order valence-electron chi connectivity index (χ4n) is 14.5. The second-order valence-corrected chi connectivity index (χ2v) is 28.0. The molecule has 12 unspecified atom stereocenters. The molecule has 0 bridgehead atoms. The molecule has 1 spiro atoms. The number of esters is 9. The van der Waals surface area contributed by atoms with E-state index in [4.69, 9.17) is 94.7 Å². The second-order valence-electron chi connectivity index (χ2n) is 28.0. The van der Waals surface area contributed by atoms with Gasteiger partial charge in [-0.1, -0.05) is 83.1 Å². The average Bonchev–Trinajstić information content (AvgIpc) is 0.726. The first kappa shape index (κ1) is 79.1. The number of carbonyl (C=O) groups excluding carboxylic acids is 9. The zero-order valence-corrected chi connectivity index (χ0v) is 60.0. The van der Waals surface area contributed by atoms with Crippen molar-refractivity contribution in [3.63, 3.8) is 0 Å². The van der Waals surface area contributed by atoms with Crippen molar-refractivity contribution in [1.29, 1.82) is 0 Å². The highest BCUT2D eigenvalue weighted by atomic mass is 16.8. The molecule has 7 fully saturated rings. The van der Waals surface area contributed by atoms with Gasteiger partial charge in [0.05, 0.1) is 36.6 Å². The molecular weight excluding hydrogens is 1280 g/mol. The number of rotatable bonds is 24. The van der Waals surface area contributed by atoms with Gasteiger partial charge in [0.1, 0.15) is 75.3 Å². The molecule has 0 radical (unpaired) electrons. The summed E-state index contributed by atoms with van der Waals surface area (Å²) < 4.78 is 129. The van der Waals surface area contributed by atoms with E-state index in [0.717, 1.165) is 0 Å². The first-order valence-corrected chi connectivity index (χ1v) is 34.2. The van der Waals surface area contributed by atoms with Crippen LogP contribution in [0.4, 0.5) is 0 Å². The lowest BCUT2D eigenvalue weighted by atomic mass is 9.77. The van der Waals surface area contributed by atoms with Crippen molar-refractivity contribution in [3.8, 4) is 0 Å². The van der Waals surface area contributed by atoms with Gasteiger partial charge in [0.2, 0.25) is 0 Å². The number of carbonyl (C=O) groups is 9. The van der Waals surface area contributed by atoms with E-state index in [-0.39, 0.29) is 56.5 Å². The normalized spacial score (nSPS) is 41.2. The molecule has 0 amide bonds. The van der Waals surface area contributed by atoms with Crippen LogP contribution in [0.3, 0.4) is 0 Å². The largest absolute Gasteiger partial charge is 0.463 e. The molecule has 7 rings (SSSR count). The summed E-state index contributed by atoms with van der Waals surface area (Å²) in [5.74, 6) is -12.9. The average molecular weight is 1390 g/mol. The van der Waals surface area contributed by atoms with Crippen LogP contribution < -0.4 is 0 Å². The van der Waals surface area contributed by atoms with Crippen molar-refractivity contribution in [2.24, 2.45) is 59.2 Å². The fraction of sp³-hybridized carbons (Fsp3) is 0.868. The number of ether oxygens (including phenoxy) is 20. The molecule has 7 saturated heterocycles. The van der Waals surface area contributed by atoms with Crippen molar-refractivity contribution in [2.45, 2.75) is 293 Å². The summed E-state index contributed by atoms with van der Waals surface area (Å²) in [6.07, 6.45) is -24.1. The van der Waals surface area contributed by atoms with Crippen LogP contribution in [0.1, 0.15) is 158 Å². The van der Waals surface area contributed by atoms with Gasteiger partial charge in [-0.2, -0.15) is 0 Å². The van der Waals surface area contributed by atoms with Crippen LogP contribution in [0.2, 0.25) is 0 Å². The maximum atomic E-state index is 15.4. The summed E-state index contributed by atoms with van der Waals surface area (Å²) >= 11 is 0. The highest BCUT2D eigenvalue weighted by molar-refractivity contribution is 5.79. The number of hydrogen-bond acceptors (Lipinski definition) is 29. The van der Waals surface area contributed by atoms with Gasteiger partial charge in [-0.25, -0.2) is 4.79 Å². The highest BCUT2D eigenvalue weighted by Gasteiger charge is 2.66. The monoisotopic (exact) mass is 1390 g/mol. The van der Waals surface area contributed by atoms with E-state index >= 15 is 4.79 Å². The third kappa shape index (κ3) is 19.1. The van der Waals surface area contributed by atoms with Crippen LogP contribution in [0.25, 0.3) is 0 Å². The van der Waals surface area contributed by atoms with Gasteiger partial charge in [0.15, 0.2) is 43.5 Å². The van der Waals surface area contributed by atoms with Crippen LogP contribution in [0.15, 0.2) is 0 Å². The Morgan fingerprint density at radius 2 is 0.897 bits per heavy atom. The van der Waals surface area contributed by atoms with E-state index in [1.807, 2.05) is 55.4 Å². The van der Waals surface area contributed by atoms with Gasteiger partial charge < -0.3 is 94.7 Å². The summed E-state index contributed by atoms with van der Waals surface area (Å²) in [6.45, 7) is 32.8. The Balaban J connectivity index is 1.35. The molecule has 31 atom stereocenters. The predicted octanol–water partition coefficient (Wildman–Crippen LogP) is 5.78. The first-order valence-electron chi connectivity index (χ1n) is 34.2. The molecule has 0 saturated carbocycles. The Kier molecular flexibility index (Phi) is 27.7. The van der Waals surface area contributed by atoms with Crippen molar-refractivity contribution in [1.82, 2.24) is 0 Å². The highest BCUT2D eigenvalue weighted by Crippen LogP contribution is 2.49. The topological polar surface area (TPSA) is 338 Å². The molecule has 97 heavy (non-hydrogen) atoms. The van der Waals surface area contributed by atoms with E-state index in [1.54, 1.807) is 34.6 Å². The molecule has 0 aromatic rings. The number of fused-ring (bicyclic) bond motifs is 1. The minimum Gasteiger partial charge on any atom is -0.463 e. The van der Waals surface area contributed by atoms with E-state index in [0.29, 0.717) is 0 Å². The van der Waals surface area contributed by atoms with Crippen LogP contribution in [0.5, 0.6) is 0 Å². The van der Waals surface area contributed by atoms with Crippen LogP contribution in [-0.4, -0.2) is 215 Å². The van der Waals surface area contributed by atoms with E-state index in [9.17, 15) is 38.4 Å². The Morgan fingerprint density at radius 1 is 0.423 bits per heavy atom. The summed E-state index contributed by atoms with van der Waals surface area (Å²) in [5, 5.41) is 0. The van der Waals surface area contributed by atoms with E-state index in [2.05, 4.69) is 0 Å². The van der Waals surface area contributed by atoms with Crippen molar-refractivity contribution in [3.05, 3.63) is 0 Å². The predicted molar refractivity (Wildman–Crippen MR) is 332 cm³/mol. The van der Waals surface area contributed by atoms with Gasteiger partial charge in [0.25, 0.3) is 5.79 Å².